The molecule has 0 atom stereocenters. The number of aryl methyl sites for hydroxylation is 1. The van der Waals surface area contributed by atoms with Crippen LogP contribution in [0.25, 0.3) is 0 Å². The summed E-state index contributed by atoms with van der Waals surface area (Å²) in [5, 5.41) is 14.0. The fourth-order valence-corrected chi connectivity index (χ4v) is 3.19. The Balaban J connectivity index is 1.69. The van der Waals surface area contributed by atoms with Crippen molar-refractivity contribution < 1.29 is 5.11 Å². The van der Waals surface area contributed by atoms with Crippen LogP contribution in [0.1, 0.15) is 42.8 Å². The van der Waals surface area contributed by atoms with Gasteiger partial charge in [0.15, 0.2) is 10.6 Å². The number of hydrogen-bond acceptors (Lipinski definition) is 4. The Kier molecular flexibility index (Phi) is 4.94. The van der Waals surface area contributed by atoms with Gasteiger partial charge in [-0.2, -0.15) is 5.10 Å². The van der Waals surface area contributed by atoms with Gasteiger partial charge in [0, 0.05) is 12.6 Å². The Hall–Kier alpha value is -1.50. The molecule has 1 aromatic heterocycles. The van der Waals surface area contributed by atoms with Crippen LogP contribution in [-0.4, -0.2) is 31.4 Å². The SMILES string of the molecule is CCc1ccc(CN(C)Cn2nc(CO)n(C3CC3)c2=S)cc1. The predicted molar refractivity (Wildman–Crippen MR) is 92.5 cm³/mol. The van der Waals surface area contributed by atoms with E-state index < -0.39 is 0 Å². The van der Waals surface area contributed by atoms with Gasteiger partial charge in [0.1, 0.15) is 6.61 Å². The first-order chi connectivity index (χ1) is 11.1. The summed E-state index contributed by atoms with van der Waals surface area (Å²) < 4.78 is 4.54. The predicted octanol–water partition coefficient (Wildman–Crippen LogP) is 2.89. The first kappa shape index (κ1) is 16.4. The van der Waals surface area contributed by atoms with Crippen LogP contribution >= 0.6 is 12.2 Å². The van der Waals surface area contributed by atoms with E-state index in [4.69, 9.17) is 12.2 Å². The molecule has 0 radical (unpaired) electrons. The van der Waals surface area contributed by atoms with Crippen LogP contribution in [-0.2, 0) is 26.2 Å². The molecule has 6 heteroatoms. The topological polar surface area (TPSA) is 46.2 Å². The average Bonchev–Trinajstić information content (AvgIpc) is 3.34. The maximum atomic E-state index is 9.49. The molecule has 0 aliphatic heterocycles. The highest BCUT2D eigenvalue weighted by Gasteiger charge is 2.28. The highest BCUT2D eigenvalue weighted by atomic mass is 32.1. The highest BCUT2D eigenvalue weighted by molar-refractivity contribution is 7.71. The zero-order chi connectivity index (χ0) is 16.4. The van der Waals surface area contributed by atoms with E-state index in [1.54, 1.807) is 0 Å². The largest absolute Gasteiger partial charge is 0.388 e. The van der Waals surface area contributed by atoms with E-state index >= 15 is 0 Å². The zero-order valence-corrected chi connectivity index (χ0v) is 14.6. The molecule has 1 aliphatic carbocycles. The number of aliphatic hydroxyl groups is 1. The molecule has 1 aromatic carbocycles. The van der Waals surface area contributed by atoms with Crippen molar-refractivity contribution in [3.8, 4) is 0 Å². The van der Waals surface area contributed by atoms with Crippen molar-refractivity contribution in [1.82, 2.24) is 19.2 Å². The van der Waals surface area contributed by atoms with Crippen LogP contribution in [0.15, 0.2) is 24.3 Å². The Morgan fingerprint density at radius 1 is 1.26 bits per heavy atom. The Morgan fingerprint density at radius 2 is 1.91 bits per heavy atom. The fraction of sp³-hybridized carbons (Fsp3) is 0.529. The second kappa shape index (κ2) is 6.95. The van der Waals surface area contributed by atoms with E-state index in [2.05, 4.69) is 48.2 Å². The fourth-order valence-electron chi connectivity index (χ4n) is 2.84. The molecule has 5 nitrogen and oxygen atoms in total. The maximum Gasteiger partial charge on any atom is 0.199 e. The molecule has 23 heavy (non-hydrogen) atoms. The van der Waals surface area contributed by atoms with E-state index in [1.807, 2.05) is 9.25 Å². The zero-order valence-electron chi connectivity index (χ0n) is 13.8. The molecule has 0 unspecified atom stereocenters. The molecule has 1 saturated carbocycles. The minimum atomic E-state index is -0.0602. The molecule has 1 aliphatic rings. The summed E-state index contributed by atoms with van der Waals surface area (Å²) in [6.45, 7) is 3.57. The number of aromatic nitrogens is 3. The third kappa shape index (κ3) is 3.71. The van der Waals surface area contributed by atoms with Gasteiger partial charge in [-0.1, -0.05) is 31.2 Å². The van der Waals surface area contributed by atoms with Gasteiger partial charge in [0.2, 0.25) is 0 Å². The first-order valence-electron chi connectivity index (χ1n) is 8.17. The number of aliphatic hydroxyl groups excluding tert-OH is 1. The summed E-state index contributed by atoms with van der Waals surface area (Å²) in [5.41, 5.74) is 2.63. The van der Waals surface area contributed by atoms with Gasteiger partial charge in [0.25, 0.3) is 0 Å². The van der Waals surface area contributed by atoms with Crippen molar-refractivity contribution in [2.24, 2.45) is 0 Å². The third-order valence-electron chi connectivity index (χ3n) is 4.25. The summed E-state index contributed by atoms with van der Waals surface area (Å²) >= 11 is 5.54. The highest BCUT2D eigenvalue weighted by Crippen LogP contribution is 2.36. The van der Waals surface area contributed by atoms with Gasteiger partial charge in [-0.15, -0.1) is 0 Å². The van der Waals surface area contributed by atoms with Crippen LogP contribution in [0.5, 0.6) is 0 Å². The lowest BCUT2D eigenvalue weighted by molar-refractivity contribution is 0.238. The van der Waals surface area contributed by atoms with Crippen LogP contribution < -0.4 is 0 Å². The summed E-state index contributed by atoms with van der Waals surface area (Å²) in [5.74, 6) is 0.679. The minimum Gasteiger partial charge on any atom is -0.388 e. The minimum absolute atomic E-state index is 0.0602. The van der Waals surface area contributed by atoms with Crippen molar-refractivity contribution in [3.63, 3.8) is 0 Å². The standard InChI is InChI=1S/C17H24N4OS/c1-3-13-4-6-14(7-5-13)10-19(2)12-20-17(23)21(15-8-9-15)16(11-22)18-20/h4-7,15,22H,3,8-12H2,1-2H3. The number of rotatable bonds is 7. The lowest BCUT2D eigenvalue weighted by atomic mass is 10.1. The molecular weight excluding hydrogens is 308 g/mol. The second-order valence-electron chi connectivity index (χ2n) is 6.28. The molecule has 0 saturated heterocycles. The lowest BCUT2D eigenvalue weighted by Crippen LogP contribution is -2.22. The smallest absolute Gasteiger partial charge is 0.199 e. The number of nitrogens with zero attached hydrogens (tertiary/aromatic N) is 4. The average molecular weight is 332 g/mol. The quantitative estimate of drug-likeness (QED) is 0.792. The molecule has 0 amide bonds. The maximum absolute atomic E-state index is 9.49. The van der Waals surface area contributed by atoms with Crippen LogP contribution in [0.3, 0.4) is 0 Å². The number of hydrogen-bond donors (Lipinski definition) is 1. The molecular formula is C17H24N4OS. The molecule has 3 rings (SSSR count). The Morgan fingerprint density at radius 3 is 2.48 bits per heavy atom. The summed E-state index contributed by atoms with van der Waals surface area (Å²) in [4.78, 5) is 2.18. The molecule has 1 heterocycles. The molecule has 124 valence electrons. The summed E-state index contributed by atoms with van der Waals surface area (Å²) in [6.07, 6.45) is 3.33. The van der Waals surface area contributed by atoms with Gasteiger partial charge in [0.05, 0.1) is 6.67 Å². The molecule has 1 N–H and O–H groups in total. The molecule has 0 spiro atoms. The van der Waals surface area contributed by atoms with Crippen molar-refractivity contribution in [2.45, 2.75) is 52.0 Å². The van der Waals surface area contributed by atoms with Gasteiger partial charge < -0.3 is 5.11 Å². The van der Waals surface area contributed by atoms with Crippen molar-refractivity contribution in [2.75, 3.05) is 7.05 Å². The van der Waals surface area contributed by atoms with Crippen molar-refractivity contribution in [3.05, 3.63) is 46.0 Å². The Labute approximate surface area is 142 Å². The number of benzene rings is 1. The van der Waals surface area contributed by atoms with Crippen LogP contribution in [0.2, 0.25) is 0 Å². The Bertz CT molecular complexity index is 715. The van der Waals surface area contributed by atoms with Crippen molar-refractivity contribution in [1.29, 1.82) is 0 Å². The van der Waals surface area contributed by atoms with E-state index in [-0.39, 0.29) is 6.61 Å². The van der Waals surface area contributed by atoms with Gasteiger partial charge >= 0.3 is 0 Å². The normalized spacial score (nSPS) is 14.6. The third-order valence-corrected chi connectivity index (χ3v) is 4.66. The van der Waals surface area contributed by atoms with E-state index in [1.165, 1.54) is 11.1 Å². The molecule has 1 fully saturated rings. The van der Waals surface area contributed by atoms with Crippen LogP contribution in [0.4, 0.5) is 0 Å². The lowest BCUT2D eigenvalue weighted by Gasteiger charge is -2.16. The summed E-state index contributed by atoms with van der Waals surface area (Å²) in [6, 6.07) is 9.15. The van der Waals surface area contributed by atoms with Gasteiger partial charge in [-0.25, -0.2) is 4.68 Å². The second-order valence-corrected chi connectivity index (χ2v) is 6.65. The molecule has 0 bridgehead atoms. The first-order valence-corrected chi connectivity index (χ1v) is 8.58. The van der Waals surface area contributed by atoms with Crippen LogP contribution in [0, 0.1) is 4.77 Å². The van der Waals surface area contributed by atoms with E-state index in [0.29, 0.717) is 23.3 Å². The monoisotopic (exact) mass is 332 g/mol. The van der Waals surface area contributed by atoms with Gasteiger partial charge in [-0.05, 0) is 49.7 Å². The van der Waals surface area contributed by atoms with E-state index in [9.17, 15) is 5.11 Å². The summed E-state index contributed by atoms with van der Waals surface area (Å²) in [7, 11) is 2.06. The van der Waals surface area contributed by atoms with Gasteiger partial charge in [-0.3, -0.25) is 9.47 Å². The molecule has 2 aromatic rings. The van der Waals surface area contributed by atoms with Crippen molar-refractivity contribution >= 4 is 12.2 Å². The van der Waals surface area contributed by atoms with E-state index in [0.717, 1.165) is 25.8 Å².